The van der Waals surface area contributed by atoms with Gasteiger partial charge in [0, 0.05) is 17.3 Å². The number of unbranched alkanes of at least 4 members (excludes halogenated alkanes) is 6. The number of rotatable bonds is 17. The first-order valence-corrected chi connectivity index (χ1v) is 14.0. The molecular formula is C30H44F2N2O. The van der Waals surface area contributed by atoms with Crippen molar-refractivity contribution < 1.29 is 13.5 Å². The summed E-state index contributed by atoms with van der Waals surface area (Å²) in [5.41, 5.74) is 1.76. The van der Waals surface area contributed by atoms with E-state index in [1.807, 2.05) is 30.3 Å². The number of aromatic nitrogens is 2. The van der Waals surface area contributed by atoms with Crippen molar-refractivity contribution in [1.82, 2.24) is 9.97 Å². The molecule has 2 aromatic rings. The van der Waals surface area contributed by atoms with E-state index in [1.165, 1.54) is 51.4 Å². The van der Waals surface area contributed by atoms with Gasteiger partial charge in [-0.2, -0.15) is 4.98 Å². The van der Waals surface area contributed by atoms with E-state index >= 15 is 0 Å². The summed E-state index contributed by atoms with van der Waals surface area (Å²) in [6, 6.07) is 9.68. The Labute approximate surface area is 211 Å². The Morgan fingerprint density at radius 1 is 0.914 bits per heavy atom. The Morgan fingerprint density at radius 2 is 1.66 bits per heavy atom. The Kier molecular flexibility index (Phi) is 12.5. The van der Waals surface area contributed by atoms with Gasteiger partial charge in [0.05, 0.1) is 0 Å². The van der Waals surface area contributed by atoms with E-state index in [4.69, 9.17) is 4.74 Å². The molecule has 194 valence electrons. The van der Waals surface area contributed by atoms with Crippen LogP contribution in [0.5, 0.6) is 5.88 Å². The summed E-state index contributed by atoms with van der Waals surface area (Å²) in [7, 11) is 0. The average Bonchev–Trinajstić information content (AvgIpc) is 3.41. The highest BCUT2D eigenvalue weighted by molar-refractivity contribution is 5.55. The van der Waals surface area contributed by atoms with Crippen molar-refractivity contribution in [2.45, 2.75) is 116 Å². The molecule has 3 nitrogen and oxygen atoms in total. The van der Waals surface area contributed by atoms with Crippen LogP contribution in [0.1, 0.15) is 102 Å². The highest BCUT2D eigenvalue weighted by Gasteiger charge is 2.22. The third-order valence-electron chi connectivity index (χ3n) is 7.25. The van der Waals surface area contributed by atoms with Crippen molar-refractivity contribution >= 4 is 0 Å². The van der Waals surface area contributed by atoms with Gasteiger partial charge in [-0.25, -0.2) is 13.8 Å². The zero-order valence-electron chi connectivity index (χ0n) is 21.6. The van der Waals surface area contributed by atoms with Gasteiger partial charge in [-0.15, -0.1) is 0 Å². The van der Waals surface area contributed by atoms with E-state index in [9.17, 15) is 8.78 Å². The highest BCUT2D eigenvalue weighted by atomic mass is 19.2. The second-order valence-corrected chi connectivity index (χ2v) is 10.2. The highest BCUT2D eigenvalue weighted by Crippen LogP contribution is 2.29. The van der Waals surface area contributed by atoms with Crippen LogP contribution in [0.3, 0.4) is 0 Å². The summed E-state index contributed by atoms with van der Waals surface area (Å²) in [4.78, 5) is 9.13. The van der Waals surface area contributed by atoms with Gasteiger partial charge in [0.25, 0.3) is 0 Å². The lowest BCUT2D eigenvalue weighted by molar-refractivity contribution is 0.0989. The second-order valence-electron chi connectivity index (χ2n) is 10.2. The molecule has 0 aliphatic heterocycles. The molecule has 1 fully saturated rings. The molecule has 5 heteroatoms. The first-order chi connectivity index (χ1) is 17.2. The summed E-state index contributed by atoms with van der Waals surface area (Å²) >= 11 is 0. The van der Waals surface area contributed by atoms with Crippen molar-refractivity contribution in [3.63, 3.8) is 0 Å². The molecule has 35 heavy (non-hydrogen) atoms. The van der Waals surface area contributed by atoms with Crippen LogP contribution in [0.25, 0.3) is 11.4 Å². The molecule has 0 saturated heterocycles. The van der Waals surface area contributed by atoms with E-state index < -0.39 is 12.3 Å². The quantitative estimate of drug-likeness (QED) is 0.209. The molecule has 1 aromatic heterocycles. The minimum atomic E-state index is -1.64. The van der Waals surface area contributed by atoms with Crippen molar-refractivity contribution in [2.24, 2.45) is 5.92 Å². The topological polar surface area (TPSA) is 35.0 Å². The largest absolute Gasteiger partial charge is 0.474 e. The monoisotopic (exact) mass is 486 g/mol. The Balaban J connectivity index is 1.51. The molecule has 3 rings (SSSR count). The van der Waals surface area contributed by atoms with Crippen molar-refractivity contribution in [3.8, 4) is 17.3 Å². The van der Waals surface area contributed by atoms with Crippen LogP contribution in [0, 0.1) is 5.92 Å². The molecule has 2 unspecified atom stereocenters. The number of halogens is 2. The van der Waals surface area contributed by atoms with Gasteiger partial charge in [-0.1, -0.05) is 114 Å². The first kappa shape index (κ1) is 27.5. The maximum absolute atomic E-state index is 14.5. The third kappa shape index (κ3) is 9.85. The van der Waals surface area contributed by atoms with Crippen LogP contribution in [0.2, 0.25) is 0 Å². The molecule has 1 saturated carbocycles. The van der Waals surface area contributed by atoms with Gasteiger partial charge in [0.2, 0.25) is 5.88 Å². The second kappa shape index (κ2) is 15.9. The normalized spacial score (nSPS) is 15.9. The number of aryl methyl sites for hydroxylation is 1. The van der Waals surface area contributed by atoms with E-state index in [-0.39, 0.29) is 13.0 Å². The summed E-state index contributed by atoms with van der Waals surface area (Å²) in [5.74, 6) is 1.92. The van der Waals surface area contributed by atoms with Crippen LogP contribution in [0.4, 0.5) is 8.78 Å². The van der Waals surface area contributed by atoms with Crippen molar-refractivity contribution in [2.75, 3.05) is 6.61 Å². The van der Waals surface area contributed by atoms with Crippen LogP contribution in [-0.4, -0.2) is 28.9 Å². The summed E-state index contributed by atoms with van der Waals surface area (Å²) in [6.07, 6.45) is 15.5. The zero-order chi connectivity index (χ0) is 24.7. The number of nitrogens with zero attached hydrogens (tertiary/aromatic N) is 2. The molecular weight excluding hydrogens is 442 g/mol. The molecule has 0 spiro atoms. The minimum absolute atomic E-state index is 0.241. The maximum Gasteiger partial charge on any atom is 0.220 e. The number of ether oxygens (including phenoxy) is 1. The van der Waals surface area contributed by atoms with Gasteiger partial charge >= 0.3 is 0 Å². The van der Waals surface area contributed by atoms with Gasteiger partial charge in [0.15, 0.2) is 12.0 Å². The molecule has 0 bridgehead atoms. The fourth-order valence-corrected chi connectivity index (χ4v) is 5.02. The minimum Gasteiger partial charge on any atom is -0.474 e. The van der Waals surface area contributed by atoms with E-state index in [0.29, 0.717) is 18.1 Å². The first-order valence-electron chi connectivity index (χ1n) is 14.0. The number of benzene rings is 1. The molecule has 1 aliphatic carbocycles. The molecule has 1 heterocycles. The van der Waals surface area contributed by atoms with E-state index in [1.54, 1.807) is 6.20 Å². The van der Waals surface area contributed by atoms with Gasteiger partial charge in [0.1, 0.15) is 12.8 Å². The SMILES string of the molecule is CCCCCC(F)C(F)COc1nc(-c2ccccc2)ncc1CCCCCCCC1CCCC1. The van der Waals surface area contributed by atoms with Gasteiger partial charge < -0.3 is 4.74 Å². The summed E-state index contributed by atoms with van der Waals surface area (Å²) in [5, 5.41) is 0. The van der Waals surface area contributed by atoms with Crippen molar-refractivity contribution in [1.29, 1.82) is 0 Å². The molecule has 0 N–H and O–H groups in total. The molecule has 2 atom stereocenters. The van der Waals surface area contributed by atoms with Crippen molar-refractivity contribution in [3.05, 3.63) is 42.1 Å². The summed E-state index contributed by atoms with van der Waals surface area (Å²) in [6.45, 7) is 1.74. The third-order valence-corrected chi connectivity index (χ3v) is 7.25. The smallest absolute Gasteiger partial charge is 0.220 e. The zero-order valence-corrected chi connectivity index (χ0v) is 21.6. The standard InChI is InChI=1S/C30H44F2N2O/c1-2-3-8-21-27(31)28(32)23-35-30-26(22-33-29(34-30)25-18-11-7-12-19-25)20-10-6-4-5-9-15-24-16-13-14-17-24/h7,11-12,18-19,22,24,27-28H,2-6,8-10,13-17,20-21,23H2,1H3. The van der Waals surface area contributed by atoms with Crippen LogP contribution < -0.4 is 4.74 Å². The Morgan fingerprint density at radius 3 is 2.43 bits per heavy atom. The van der Waals surface area contributed by atoms with Crippen LogP contribution in [0.15, 0.2) is 36.5 Å². The van der Waals surface area contributed by atoms with Gasteiger partial charge in [-0.3, -0.25) is 0 Å². The Bertz CT molecular complexity index is 826. The average molecular weight is 487 g/mol. The number of alkyl halides is 2. The van der Waals surface area contributed by atoms with Crippen LogP contribution >= 0.6 is 0 Å². The number of hydrogen-bond donors (Lipinski definition) is 0. The molecule has 0 radical (unpaired) electrons. The predicted molar refractivity (Wildman–Crippen MR) is 140 cm³/mol. The Hall–Kier alpha value is -2.04. The van der Waals surface area contributed by atoms with E-state index in [2.05, 4.69) is 16.9 Å². The predicted octanol–water partition coefficient (Wildman–Crippen LogP) is 8.85. The lowest BCUT2D eigenvalue weighted by Crippen LogP contribution is -2.25. The van der Waals surface area contributed by atoms with E-state index in [0.717, 1.165) is 49.1 Å². The van der Waals surface area contributed by atoms with Gasteiger partial charge in [-0.05, 0) is 25.2 Å². The fourth-order valence-electron chi connectivity index (χ4n) is 5.02. The molecule has 0 amide bonds. The lowest BCUT2D eigenvalue weighted by atomic mass is 9.99. The molecule has 1 aromatic carbocycles. The molecule has 1 aliphatic rings. The lowest BCUT2D eigenvalue weighted by Gasteiger charge is -2.16. The number of hydrogen-bond acceptors (Lipinski definition) is 3. The maximum atomic E-state index is 14.5. The fraction of sp³-hybridized carbons (Fsp3) is 0.667. The van der Waals surface area contributed by atoms with Crippen LogP contribution in [-0.2, 0) is 6.42 Å². The summed E-state index contributed by atoms with van der Waals surface area (Å²) < 4.78 is 34.5.